The molecule has 0 aliphatic rings. The van der Waals surface area contributed by atoms with E-state index in [-0.39, 0.29) is 0 Å². The van der Waals surface area contributed by atoms with Gasteiger partial charge in [-0.2, -0.15) is 0 Å². The van der Waals surface area contributed by atoms with Crippen LogP contribution >= 0.6 is 0 Å². The molecular formula is C11H24O2. The van der Waals surface area contributed by atoms with E-state index < -0.39 is 6.29 Å². The maximum atomic E-state index is 8.81. The third-order valence-electron chi connectivity index (χ3n) is 2.59. The van der Waals surface area contributed by atoms with Crippen molar-refractivity contribution in [1.29, 1.82) is 0 Å². The zero-order valence-corrected chi connectivity index (χ0v) is 9.00. The van der Waals surface area contributed by atoms with Crippen molar-refractivity contribution in [2.24, 2.45) is 5.92 Å². The number of hydrogen-bond acceptors (Lipinski definition) is 2. The summed E-state index contributed by atoms with van der Waals surface area (Å²) >= 11 is 0. The Bertz CT molecular complexity index is 102. The van der Waals surface area contributed by atoms with Gasteiger partial charge in [0.1, 0.15) is 0 Å². The van der Waals surface area contributed by atoms with Gasteiger partial charge in [-0.1, -0.05) is 52.4 Å². The van der Waals surface area contributed by atoms with Crippen LogP contribution in [-0.4, -0.2) is 16.5 Å². The molecule has 0 fully saturated rings. The third-order valence-corrected chi connectivity index (χ3v) is 2.59. The van der Waals surface area contributed by atoms with Gasteiger partial charge in [-0.15, -0.1) is 0 Å². The van der Waals surface area contributed by atoms with E-state index in [1.54, 1.807) is 0 Å². The van der Waals surface area contributed by atoms with Gasteiger partial charge >= 0.3 is 0 Å². The Morgan fingerprint density at radius 1 is 1.00 bits per heavy atom. The summed E-state index contributed by atoms with van der Waals surface area (Å²) in [5, 5.41) is 17.6. The molecule has 0 rings (SSSR count). The van der Waals surface area contributed by atoms with Gasteiger partial charge in [0.25, 0.3) is 0 Å². The molecule has 0 heterocycles. The summed E-state index contributed by atoms with van der Waals surface area (Å²) in [6, 6.07) is 0. The minimum Gasteiger partial charge on any atom is -0.368 e. The highest BCUT2D eigenvalue weighted by molar-refractivity contribution is 4.58. The molecule has 0 saturated heterocycles. The van der Waals surface area contributed by atoms with Crippen molar-refractivity contribution >= 4 is 0 Å². The third kappa shape index (κ3) is 8.26. The predicted octanol–water partition coefficient (Wildman–Crippen LogP) is 2.68. The fourth-order valence-electron chi connectivity index (χ4n) is 1.65. The second-order valence-electron chi connectivity index (χ2n) is 3.84. The molecule has 2 heteroatoms. The molecule has 0 aliphatic heterocycles. The highest BCUT2D eigenvalue weighted by Gasteiger charge is 2.09. The lowest BCUT2D eigenvalue weighted by Crippen LogP contribution is -2.12. The van der Waals surface area contributed by atoms with Gasteiger partial charge in [-0.3, -0.25) is 0 Å². The Labute approximate surface area is 82.0 Å². The van der Waals surface area contributed by atoms with Crippen LogP contribution in [0.5, 0.6) is 0 Å². The fraction of sp³-hybridized carbons (Fsp3) is 1.00. The van der Waals surface area contributed by atoms with Gasteiger partial charge in [0.2, 0.25) is 0 Å². The summed E-state index contributed by atoms with van der Waals surface area (Å²) in [6.45, 7) is 4.32. The average Bonchev–Trinajstić information content (AvgIpc) is 2.09. The molecule has 0 aromatic heterocycles. The number of hydrogen-bond donors (Lipinski definition) is 2. The molecule has 0 aromatic carbocycles. The molecule has 0 spiro atoms. The van der Waals surface area contributed by atoms with Gasteiger partial charge < -0.3 is 10.2 Å². The molecule has 1 atom stereocenters. The van der Waals surface area contributed by atoms with Crippen molar-refractivity contribution < 1.29 is 10.2 Å². The molecule has 0 saturated carbocycles. The van der Waals surface area contributed by atoms with Crippen molar-refractivity contribution in [2.75, 3.05) is 0 Å². The van der Waals surface area contributed by atoms with E-state index >= 15 is 0 Å². The Balaban J connectivity index is 3.36. The van der Waals surface area contributed by atoms with E-state index in [0.717, 1.165) is 12.8 Å². The molecule has 2 N–H and O–H groups in total. The largest absolute Gasteiger partial charge is 0.368 e. The molecular weight excluding hydrogens is 164 g/mol. The summed E-state index contributed by atoms with van der Waals surface area (Å²) < 4.78 is 0. The van der Waals surface area contributed by atoms with Gasteiger partial charge in [-0.25, -0.2) is 0 Å². The minimum atomic E-state index is -1.11. The molecule has 0 aromatic rings. The standard InChI is InChI=1S/C11H24O2/c1-3-5-6-7-8-10(4-2)9-11(12)13/h10-13H,3-9H2,1-2H3. The highest BCUT2D eigenvalue weighted by Crippen LogP contribution is 2.18. The molecule has 13 heavy (non-hydrogen) atoms. The summed E-state index contributed by atoms with van der Waals surface area (Å²) in [5.41, 5.74) is 0. The smallest absolute Gasteiger partial charge is 0.151 e. The maximum Gasteiger partial charge on any atom is 0.151 e. The van der Waals surface area contributed by atoms with Crippen LogP contribution in [0.25, 0.3) is 0 Å². The van der Waals surface area contributed by atoms with E-state index in [1.807, 2.05) is 0 Å². The van der Waals surface area contributed by atoms with Gasteiger partial charge in [0, 0.05) is 6.42 Å². The molecule has 0 aliphatic carbocycles. The van der Waals surface area contributed by atoms with E-state index in [9.17, 15) is 0 Å². The molecule has 0 bridgehead atoms. The van der Waals surface area contributed by atoms with Crippen LogP contribution in [0.4, 0.5) is 0 Å². The van der Waals surface area contributed by atoms with Crippen LogP contribution in [0, 0.1) is 5.92 Å². The normalized spacial score (nSPS) is 13.6. The Hall–Kier alpha value is -0.0800. The molecule has 80 valence electrons. The SMILES string of the molecule is CCCCCCC(CC)CC(O)O. The first kappa shape index (κ1) is 12.9. The molecule has 0 radical (unpaired) electrons. The Morgan fingerprint density at radius 3 is 2.15 bits per heavy atom. The van der Waals surface area contributed by atoms with Crippen LogP contribution in [0.3, 0.4) is 0 Å². The number of aliphatic hydroxyl groups is 2. The van der Waals surface area contributed by atoms with Gasteiger partial charge in [0.05, 0.1) is 0 Å². The molecule has 2 nitrogen and oxygen atoms in total. The van der Waals surface area contributed by atoms with Crippen molar-refractivity contribution in [3.05, 3.63) is 0 Å². The summed E-state index contributed by atoms with van der Waals surface area (Å²) in [6.07, 6.45) is 6.72. The number of aliphatic hydroxyl groups excluding tert-OH is 1. The second kappa shape index (κ2) is 8.52. The lowest BCUT2D eigenvalue weighted by Gasteiger charge is -2.15. The van der Waals surface area contributed by atoms with Gasteiger partial charge in [0.15, 0.2) is 6.29 Å². The van der Waals surface area contributed by atoms with Crippen LogP contribution in [0.1, 0.15) is 58.8 Å². The van der Waals surface area contributed by atoms with Crippen molar-refractivity contribution in [1.82, 2.24) is 0 Å². The van der Waals surface area contributed by atoms with Crippen molar-refractivity contribution in [3.8, 4) is 0 Å². The zero-order chi connectivity index (χ0) is 10.1. The molecule has 0 amide bonds. The minimum absolute atomic E-state index is 0.497. The maximum absolute atomic E-state index is 8.81. The van der Waals surface area contributed by atoms with Crippen LogP contribution in [0.2, 0.25) is 0 Å². The van der Waals surface area contributed by atoms with Crippen LogP contribution in [-0.2, 0) is 0 Å². The summed E-state index contributed by atoms with van der Waals surface area (Å²) in [7, 11) is 0. The zero-order valence-electron chi connectivity index (χ0n) is 9.00. The van der Waals surface area contributed by atoms with Crippen LogP contribution in [0.15, 0.2) is 0 Å². The number of rotatable bonds is 8. The Morgan fingerprint density at radius 2 is 1.69 bits per heavy atom. The van der Waals surface area contributed by atoms with E-state index in [2.05, 4.69) is 13.8 Å². The lowest BCUT2D eigenvalue weighted by molar-refractivity contribution is -0.0570. The second-order valence-corrected chi connectivity index (χ2v) is 3.84. The Kier molecular flexibility index (Phi) is 8.46. The van der Waals surface area contributed by atoms with Crippen molar-refractivity contribution in [2.45, 2.75) is 65.1 Å². The highest BCUT2D eigenvalue weighted by atomic mass is 16.5. The summed E-state index contributed by atoms with van der Waals surface area (Å²) in [4.78, 5) is 0. The fourth-order valence-corrected chi connectivity index (χ4v) is 1.65. The number of unbranched alkanes of at least 4 members (excludes halogenated alkanes) is 3. The van der Waals surface area contributed by atoms with E-state index in [0.29, 0.717) is 12.3 Å². The monoisotopic (exact) mass is 188 g/mol. The average molecular weight is 188 g/mol. The first-order valence-corrected chi connectivity index (χ1v) is 5.56. The van der Waals surface area contributed by atoms with E-state index in [4.69, 9.17) is 10.2 Å². The quantitative estimate of drug-likeness (QED) is 0.454. The van der Waals surface area contributed by atoms with Gasteiger partial charge in [-0.05, 0) is 5.92 Å². The first-order chi connectivity index (χ1) is 6.20. The predicted molar refractivity (Wildman–Crippen MR) is 55.4 cm³/mol. The topological polar surface area (TPSA) is 40.5 Å². The summed E-state index contributed by atoms with van der Waals surface area (Å²) in [5.74, 6) is 0.497. The molecule has 1 unspecified atom stereocenters. The first-order valence-electron chi connectivity index (χ1n) is 5.56. The van der Waals surface area contributed by atoms with Crippen LogP contribution < -0.4 is 0 Å². The lowest BCUT2D eigenvalue weighted by atomic mass is 9.95. The van der Waals surface area contributed by atoms with E-state index in [1.165, 1.54) is 25.7 Å². The van der Waals surface area contributed by atoms with Crippen molar-refractivity contribution in [3.63, 3.8) is 0 Å².